The summed E-state index contributed by atoms with van der Waals surface area (Å²) in [5.74, 6) is 1.61. The molecule has 2 N–H and O–H groups in total. The minimum atomic E-state index is 0. The predicted octanol–water partition coefficient (Wildman–Crippen LogP) is 3.79. The zero-order valence-electron chi connectivity index (χ0n) is 15.4. The number of aliphatic imine (C=N–C) groups is 1. The number of halogens is 2. The van der Waals surface area contributed by atoms with Gasteiger partial charge >= 0.3 is 0 Å². The summed E-state index contributed by atoms with van der Waals surface area (Å²) in [7, 11) is 0. The predicted molar refractivity (Wildman–Crippen MR) is 119 cm³/mol. The second-order valence-corrected chi connectivity index (χ2v) is 6.85. The lowest BCUT2D eigenvalue weighted by Gasteiger charge is -2.15. The van der Waals surface area contributed by atoms with Crippen LogP contribution in [0.5, 0.6) is 0 Å². The van der Waals surface area contributed by atoms with Crippen molar-refractivity contribution in [3.8, 4) is 0 Å². The Morgan fingerprint density at radius 2 is 2.08 bits per heavy atom. The molecule has 1 aliphatic rings. The van der Waals surface area contributed by atoms with E-state index in [4.69, 9.17) is 16.6 Å². The first-order valence-electron chi connectivity index (χ1n) is 9.20. The summed E-state index contributed by atoms with van der Waals surface area (Å²) in [6.45, 7) is 10.6. The van der Waals surface area contributed by atoms with Gasteiger partial charge in [-0.15, -0.1) is 24.0 Å². The van der Waals surface area contributed by atoms with E-state index in [-0.39, 0.29) is 24.0 Å². The van der Waals surface area contributed by atoms with Crippen molar-refractivity contribution in [3.63, 3.8) is 0 Å². The quantitative estimate of drug-likeness (QED) is 0.339. The van der Waals surface area contributed by atoms with Crippen LogP contribution in [0.2, 0.25) is 5.02 Å². The Labute approximate surface area is 174 Å². The summed E-state index contributed by atoms with van der Waals surface area (Å²) in [6.07, 6.45) is 3.41. The van der Waals surface area contributed by atoms with Gasteiger partial charge in [-0.1, -0.05) is 36.7 Å². The van der Waals surface area contributed by atoms with E-state index in [9.17, 15) is 0 Å². The molecule has 0 radical (unpaired) electrons. The Morgan fingerprint density at radius 1 is 1.28 bits per heavy atom. The highest BCUT2D eigenvalue weighted by atomic mass is 127. The molecular weight excluding hydrogens is 447 g/mol. The number of benzene rings is 1. The minimum absolute atomic E-state index is 0. The molecular formula is C19H32ClIN4. The van der Waals surface area contributed by atoms with Gasteiger partial charge in [0, 0.05) is 31.2 Å². The van der Waals surface area contributed by atoms with Crippen molar-refractivity contribution in [3.05, 3.63) is 34.9 Å². The molecule has 1 saturated heterocycles. The van der Waals surface area contributed by atoms with Crippen molar-refractivity contribution in [2.45, 2.75) is 33.1 Å². The monoisotopic (exact) mass is 478 g/mol. The number of guanidine groups is 1. The van der Waals surface area contributed by atoms with E-state index in [0.29, 0.717) is 5.92 Å². The molecule has 4 nitrogen and oxygen atoms in total. The first kappa shape index (κ1) is 22.5. The molecule has 1 unspecified atom stereocenters. The summed E-state index contributed by atoms with van der Waals surface area (Å²) in [5, 5.41) is 7.60. The Balaban J connectivity index is 0.00000312. The number of hydrogen-bond donors (Lipinski definition) is 2. The summed E-state index contributed by atoms with van der Waals surface area (Å²) in [5.41, 5.74) is 1.17. The molecule has 142 valence electrons. The fourth-order valence-corrected chi connectivity index (χ4v) is 3.39. The molecule has 1 aromatic rings. The van der Waals surface area contributed by atoms with Crippen molar-refractivity contribution in [2.24, 2.45) is 10.9 Å². The Bertz CT molecular complexity index is 524. The zero-order chi connectivity index (χ0) is 17.2. The van der Waals surface area contributed by atoms with Gasteiger partial charge in [-0.2, -0.15) is 0 Å². The van der Waals surface area contributed by atoms with Gasteiger partial charge in [-0.05, 0) is 56.8 Å². The van der Waals surface area contributed by atoms with Crippen LogP contribution in [0.4, 0.5) is 0 Å². The maximum atomic E-state index is 6.21. The molecule has 6 heteroatoms. The summed E-state index contributed by atoms with van der Waals surface area (Å²) in [6, 6.07) is 8.02. The number of nitrogens with one attached hydrogen (secondary N) is 2. The standard InChI is InChI=1S/C19H31ClN4.HI/c1-3-12-24-13-10-16(15-24)14-23-19(21-4-2)22-11-9-17-7-5-6-8-18(17)20;/h5-8,16H,3-4,9-15H2,1-2H3,(H2,21,22,23);1H. The number of rotatable bonds is 8. The van der Waals surface area contributed by atoms with Crippen molar-refractivity contribution in [1.29, 1.82) is 0 Å². The van der Waals surface area contributed by atoms with E-state index in [1.807, 2.05) is 18.2 Å². The molecule has 0 spiro atoms. The molecule has 25 heavy (non-hydrogen) atoms. The van der Waals surface area contributed by atoms with Gasteiger partial charge in [0.1, 0.15) is 0 Å². The molecule has 0 bridgehead atoms. The van der Waals surface area contributed by atoms with E-state index in [2.05, 4.69) is 35.4 Å². The van der Waals surface area contributed by atoms with Gasteiger partial charge in [-0.3, -0.25) is 4.99 Å². The lowest BCUT2D eigenvalue weighted by Crippen LogP contribution is -2.38. The third-order valence-corrected chi connectivity index (χ3v) is 4.77. The van der Waals surface area contributed by atoms with Crippen LogP contribution in [0.25, 0.3) is 0 Å². The fourth-order valence-electron chi connectivity index (χ4n) is 3.16. The van der Waals surface area contributed by atoms with Gasteiger partial charge in [0.05, 0.1) is 0 Å². The maximum Gasteiger partial charge on any atom is 0.191 e. The van der Waals surface area contributed by atoms with Crippen molar-refractivity contribution < 1.29 is 0 Å². The highest BCUT2D eigenvalue weighted by Crippen LogP contribution is 2.16. The lowest BCUT2D eigenvalue weighted by atomic mass is 10.1. The summed E-state index contributed by atoms with van der Waals surface area (Å²) in [4.78, 5) is 7.33. The van der Waals surface area contributed by atoms with Gasteiger partial charge < -0.3 is 15.5 Å². The molecule has 1 heterocycles. The SMILES string of the molecule is CCCN1CCC(CN=C(NCC)NCCc2ccccc2Cl)C1.I. The molecule has 1 aliphatic heterocycles. The second kappa shape index (κ2) is 12.8. The second-order valence-electron chi connectivity index (χ2n) is 6.44. The molecule has 0 amide bonds. The molecule has 1 fully saturated rings. The third kappa shape index (κ3) is 8.13. The van der Waals surface area contributed by atoms with Gasteiger partial charge in [0.25, 0.3) is 0 Å². The fraction of sp³-hybridized carbons (Fsp3) is 0.632. The Hall–Kier alpha value is -0.530. The number of hydrogen-bond acceptors (Lipinski definition) is 2. The van der Waals surface area contributed by atoms with Crippen molar-refractivity contribution in [2.75, 3.05) is 39.3 Å². The van der Waals surface area contributed by atoms with Gasteiger partial charge in [-0.25, -0.2) is 0 Å². The first-order chi connectivity index (χ1) is 11.7. The van der Waals surface area contributed by atoms with E-state index in [1.54, 1.807) is 0 Å². The molecule has 0 aromatic heterocycles. The molecule has 1 aromatic carbocycles. The van der Waals surface area contributed by atoms with Crippen LogP contribution in [0, 0.1) is 5.92 Å². The molecule has 0 saturated carbocycles. The zero-order valence-corrected chi connectivity index (χ0v) is 18.5. The first-order valence-corrected chi connectivity index (χ1v) is 9.58. The summed E-state index contributed by atoms with van der Waals surface area (Å²) < 4.78 is 0. The Morgan fingerprint density at radius 3 is 2.80 bits per heavy atom. The van der Waals surface area contributed by atoms with E-state index in [0.717, 1.165) is 37.0 Å². The van der Waals surface area contributed by atoms with Gasteiger partial charge in [0.15, 0.2) is 5.96 Å². The molecule has 0 aliphatic carbocycles. The van der Waals surface area contributed by atoms with Gasteiger partial charge in [0.2, 0.25) is 0 Å². The van der Waals surface area contributed by atoms with Crippen LogP contribution in [0.15, 0.2) is 29.3 Å². The molecule has 2 rings (SSSR count). The van der Waals surface area contributed by atoms with E-state index >= 15 is 0 Å². The molecule has 1 atom stereocenters. The average molecular weight is 479 g/mol. The third-order valence-electron chi connectivity index (χ3n) is 4.41. The van der Waals surface area contributed by atoms with Crippen LogP contribution in [-0.2, 0) is 6.42 Å². The number of likely N-dealkylation sites (tertiary alicyclic amines) is 1. The lowest BCUT2D eigenvalue weighted by molar-refractivity contribution is 0.326. The topological polar surface area (TPSA) is 39.7 Å². The van der Waals surface area contributed by atoms with Crippen LogP contribution in [0.1, 0.15) is 32.3 Å². The largest absolute Gasteiger partial charge is 0.357 e. The van der Waals surface area contributed by atoms with E-state index in [1.165, 1.54) is 38.0 Å². The highest BCUT2D eigenvalue weighted by Gasteiger charge is 2.21. The summed E-state index contributed by atoms with van der Waals surface area (Å²) >= 11 is 6.21. The van der Waals surface area contributed by atoms with E-state index < -0.39 is 0 Å². The Kier molecular flexibility index (Phi) is 11.5. The number of nitrogens with zero attached hydrogens (tertiary/aromatic N) is 2. The van der Waals surface area contributed by atoms with Crippen molar-refractivity contribution in [1.82, 2.24) is 15.5 Å². The normalized spacial score (nSPS) is 18.0. The van der Waals surface area contributed by atoms with Crippen LogP contribution >= 0.6 is 35.6 Å². The minimum Gasteiger partial charge on any atom is -0.357 e. The van der Waals surface area contributed by atoms with Crippen LogP contribution < -0.4 is 10.6 Å². The highest BCUT2D eigenvalue weighted by molar-refractivity contribution is 14.0. The smallest absolute Gasteiger partial charge is 0.191 e. The van der Waals surface area contributed by atoms with Crippen LogP contribution in [0.3, 0.4) is 0 Å². The van der Waals surface area contributed by atoms with Crippen LogP contribution in [-0.4, -0.2) is 50.1 Å². The maximum absolute atomic E-state index is 6.21. The van der Waals surface area contributed by atoms with Crippen molar-refractivity contribution >= 4 is 41.5 Å². The average Bonchev–Trinajstić information content (AvgIpc) is 3.02.